The Balaban J connectivity index is 1.69. The zero-order chi connectivity index (χ0) is 22.1. The molecule has 0 spiro atoms. The van der Waals surface area contributed by atoms with Crippen molar-refractivity contribution in [2.75, 3.05) is 11.9 Å². The van der Waals surface area contributed by atoms with E-state index in [-0.39, 0.29) is 0 Å². The molecule has 1 aliphatic rings. The molecule has 0 bridgehead atoms. The molecule has 2 amide bonds. The summed E-state index contributed by atoms with van der Waals surface area (Å²) in [5.74, 6) is 0. The van der Waals surface area contributed by atoms with Crippen LogP contribution in [0.1, 0.15) is 22.1 Å². The van der Waals surface area contributed by atoms with Crippen molar-refractivity contribution >= 4 is 33.1 Å². The van der Waals surface area contributed by atoms with Crippen molar-refractivity contribution in [1.82, 2.24) is 0 Å². The maximum Gasteiger partial charge on any atom is 0.316 e. The maximum atomic E-state index is 11.5. The number of amides is 2. The van der Waals surface area contributed by atoms with Gasteiger partial charge in [-0.3, -0.25) is 0 Å². The molecule has 0 saturated carbocycles. The Hall–Kier alpha value is -2.53. The molecule has 8 nitrogen and oxygen atoms in total. The van der Waals surface area contributed by atoms with Crippen LogP contribution in [0.15, 0.2) is 48.5 Å². The summed E-state index contributed by atoms with van der Waals surface area (Å²) >= 11 is 1.68. The number of hydrogen-bond donors (Lipinski definition) is 6. The van der Waals surface area contributed by atoms with Crippen LogP contribution in [-0.4, -0.2) is 57.5 Å². The van der Waals surface area contributed by atoms with Crippen molar-refractivity contribution in [2.45, 2.75) is 36.9 Å². The van der Waals surface area contributed by atoms with Gasteiger partial charge in [0, 0.05) is 27.2 Å². The summed E-state index contributed by atoms with van der Waals surface area (Å²) in [6.07, 6.45) is -5.99. The Labute approximate surface area is 182 Å². The maximum absolute atomic E-state index is 11.5. The second-order valence-electron chi connectivity index (χ2n) is 7.59. The molecule has 5 atom stereocenters. The number of anilines is 1. The van der Waals surface area contributed by atoms with E-state index in [9.17, 15) is 25.2 Å². The molecular formula is C22H24N2O6S. The van der Waals surface area contributed by atoms with Gasteiger partial charge in [-0.2, -0.15) is 0 Å². The molecule has 3 aromatic rings. The van der Waals surface area contributed by atoms with Crippen LogP contribution in [0, 0.1) is 0 Å². The van der Waals surface area contributed by atoms with Crippen molar-refractivity contribution in [2.24, 2.45) is 5.73 Å². The van der Waals surface area contributed by atoms with Gasteiger partial charge < -0.3 is 36.2 Å². The lowest BCUT2D eigenvalue weighted by Gasteiger charge is -2.40. The number of nitrogens with one attached hydrogen (secondary N) is 1. The minimum atomic E-state index is -1.52. The number of hydrogen-bond acceptors (Lipinski definition) is 7. The number of aliphatic hydroxyl groups is 4. The largest absolute Gasteiger partial charge is 0.394 e. The molecule has 4 rings (SSSR count). The average Bonchev–Trinajstić information content (AvgIpc) is 3.15. The Morgan fingerprint density at radius 3 is 2.55 bits per heavy atom. The fourth-order valence-electron chi connectivity index (χ4n) is 3.89. The van der Waals surface area contributed by atoms with E-state index in [1.807, 2.05) is 18.2 Å². The molecule has 9 heteroatoms. The molecule has 0 radical (unpaired) electrons. The number of nitrogens with two attached hydrogens (primary N) is 1. The number of ether oxygens (including phenoxy) is 1. The van der Waals surface area contributed by atoms with Crippen LogP contribution in [-0.2, 0) is 11.2 Å². The first-order valence-electron chi connectivity index (χ1n) is 9.84. The predicted molar refractivity (Wildman–Crippen MR) is 117 cm³/mol. The normalized spacial score (nSPS) is 26.1. The van der Waals surface area contributed by atoms with E-state index in [4.69, 9.17) is 10.5 Å². The highest BCUT2D eigenvalue weighted by Gasteiger charge is 2.44. The topological polar surface area (TPSA) is 145 Å². The van der Waals surface area contributed by atoms with Crippen LogP contribution in [0.25, 0.3) is 10.1 Å². The number of carbonyl (C=O) groups excluding carboxylic acids is 1. The average molecular weight is 445 g/mol. The lowest BCUT2D eigenvalue weighted by molar-refractivity contribution is -0.231. The van der Waals surface area contributed by atoms with Gasteiger partial charge in [-0.25, -0.2) is 4.79 Å². The fourth-order valence-corrected chi connectivity index (χ4v) is 4.99. The lowest BCUT2D eigenvalue weighted by atomic mass is 9.89. The lowest BCUT2D eigenvalue weighted by Crippen LogP contribution is -2.55. The summed E-state index contributed by atoms with van der Waals surface area (Å²) in [7, 11) is 0. The van der Waals surface area contributed by atoms with E-state index in [0.29, 0.717) is 17.7 Å². The third-order valence-electron chi connectivity index (χ3n) is 5.43. The van der Waals surface area contributed by atoms with Gasteiger partial charge in [0.05, 0.1) is 6.61 Å². The Morgan fingerprint density at radius 1 is 1.06 bits per heavy atom. The van der Waals surface area contributed by atoms with Gasteiger partial charge in [-0.15, -0.1) is 11.3 Å². The van der Waals surface area contributed by atoms with Gasteiger partial charge in [0.2, 0.25) is 0 Å². The predicted octanol–water partition coefficient (Wildman–Crippen LogP) is 1.50. The van der Waals surface area contributed by atoms with Gasteiger partial charge in [0.1, 0.15) is 30.5 Å². The van der Waals surface area contributed by atoms with E-state index in [1.54, 1.807) is 23.5 Å². The van der Waals surface area contributed by atoms with E-state index >= 15 is 0 Å². The highest BCUT2D eigenvalue weighted by molar-refractivity contribution is 7.19. The van der Waals surface area contributed by atoms with Gasteiger partial charge in [-0.05, 0) is 29.1 Å². The zero-order valence-electron chi connectivity index (χ0n) is 16.5. The standard InChI is InChI=1S/C22H24N2O6S/c23-22(29)24-15-6-5-11(7-13-9-12-3-1-2-4-17(12)31-13)8-14(15)21-20(28)19(27)18(26)16(10-25)30-21/h1-6,8-9,16,18-21,25-28H,7,10H2,(H3,23,24,29)/t16-,18-,19+,20-,21+/m1/s1. The molecule has 31 heavy (non-hydrogen) atoms. The SMILES string of the molecule is NC(=O)Nc1ccc(Cc2cc3ccccc3s2)cc1[C@@H]1O[C@H](CO)[C@@H](O)[C@H](O)[C@H]1O. The van der Waals surface area contributed by atoms with Gasteiger partial charge in [-0.1, -0.05) is 30.3 Å². The first-order chi connectivity index (χ1) is 14.9. The molecular weight excluding hydrogens is 420 g/mol. The molecule has 164 valence electrons. The van der Waals surface area contributed by atoms with Gasteiger partial charge >= 0.3 is 6.03 Å². The summed E-state index contributed by atoms with van der Waals surface area (Å²) in [4.78, 5) is 12.6. The molecule has 0 aliphatic carbocycles. The van der Waals surface area contributed by atoms with E-state index in [0.717, 1.165) is 15.8 Å². The monoisotopic (exact) mass is 444 g/mol. The molecule has 1 fully saturated rings. The Kier molecular flexibility index (Phi) is 6.24. The van der Waals surface area contributed by atoms with Crippen molar-refractivity contribution < 1.29 is 30.0 Å². The highest BCUT2D eigenvalue weighted by Crippen LogP contribution is 2.37. The molecule has 1 aromatic heterocycles. The minimum absolute atomic E-state index is 0.317. The quantitative estimate of drug-likeness (QED) is 0.352. The number of thiophene rings is 1. The number of rotatable bonds is 5. The van der Waals surface area contributed by atoms with Crippen molar-refractivity contribution in [3.8, 4) is 0 Å². The van der Waals surface area contributed by atoms with E-state index < -0.39 is 43.2 Å². The summed E-state index contributed by atoms with van der Waals surface area (Å²) in [5.41, 5.74) is 6.89. The summed E-state index contributed by atoms with van der Waals surface area (Å²) in [6, 6.07) is 14.7. The van der Waals surface area contributed by atoms with Crippen LogP contribution in [0.3, 0.4) is 0 Å². The van der Waals surface area contributed by atoms with Gasteiger partial charge in [0.15, 0.2) is 0 Å². The van der Waals surface area contributed by atoms with Crippen LogP contribution in [0.4, 0.5) is 10.5 Å². The Bertz CT molecular complexity index is 1050. The molecule has 0 unspecified atom stereocenters. The number of aliphatic hydroxyl groups excluding tert-OH is 4. The summed E-state index contributed by atoms with van der Waals surface area (Å²) in [6.45, 7) is -0.540. The van der Waals surface area contributed by atoms with E-state index in [2.05, 4.69) is 23.5 Å². The third kappa shape index (κ3) is 4.42. The molecule has 1 aliphatic heterocycles. The van der Waals surface area contributed by atoms with Crippen LogP contribution in [0.5, 0.6) is 0 Å². The summed E-state index contributed by atoms with van der Waals surface area (Å²) < 4.78 is 6.87. The van der Waals surface area contributed by atoms with Crippen molar-refractivity contribution in [3.63, 3.8) is 0 Å². The number of primary amides is 1. The first kappa shape index (κ1) is 21.7. The van der Waals surface area contributed by atoms with Gasteiger partial charge in [0.25, 0.3) is 0 Å². The molecule has 2 aromatic carbocycles. The number of benzene rings is 2. The Morgan fingerprint density at radius 2 is 1.84 bits per heavy atom. The number of carbonyl (C=O) groups is 1. The second-order valence-corrected chi connectivity index (χ2v) is 8.76. The highest BCUT2D eigenvalue weighted by atomic mass is 32.1. The fraction of sp³-hybridized carbons (Fsp3) is 0.318. The smallest absolute Gasteiger partial charge is 0.316 e. The van der Waals surface area contributed by atoms with Crippen molar-refractivity contribution in [3.05, 3.63) is 64.5 Å². The molecule has 7 N–H and O–H groups in total. The first-order valence-corrected chi connectivity index (χ1v) is 10.7. The third-order valence-corrected chi connectivity index (χ3v) is 6.54. The van der Waals surface area contributed by atoms with Crippen molar-refractivity contribution in [1.29, 1.82) is 0 Å². The van der Waals surface area contributed by atoms with Crippen LogP contribution in [0.2, 0.25) is 0 Å². The number of urea groups is 1. The van der Waals surface area contributed by atoms with E-state index in [1.165, 1.54) is 4.70 Å². The molecule has 1 saturated heterocycles. The zero-order valence-corrected chi connectivity index (χ0v) is 17.3. The van der Waals surface area contributed by atoms with Crippen LogP contribution < -0.4 is 11.1 Å². The number of fused-ring (bicyclic) bond motifs is 1. The molecule has 2 heterocycles. The second kappa shape index (κ2) is 8.91. The minimum Gasteiger partial charge on any atom is -0.394 e. The van der Waals surface area contributed by atoms with Crippen LogP contribution >= 0.6 is 11.3 Å². The summed E-state index contributed by atoms with van der Waals surface area (Å²) in [5, 5.41) is 44.0.